The zero-order valence-corrected chi connectivity index (χ0v) is 14.8. The molecule has 124 valence electrons. The third-order valence-electron chi connectivity index (χ3n) is 5.66. The van der Waals surface area contributed by atoms with Gasteiger partial charge in [-0.1, -0.05) is 30.2 Å². The molecule has 0 bridgehead atoms. The molecular formula is C16H17Cl2NO3S. The Bertz CT molecular complexity index is 808. The summed E-state index contributed by atoms with van der Waals surface area (Å²) in [5, 5.41) is 0.743. The minimum atomic E-state index is -3.99. The van der Waals surface area contributed by atoms with Crippen molar-refractivity contribution in [2.45, 2.75) is 56.0 Å². The molecule has 1 saturated heterocycles. The summed E-state index contributed by atoms with van der Waals surface area (Å²) < 4.78 is 32.6. The molecule has 1 heterocycles. The van der Waals surface area contributed by atoms with Gasteiger partial charge in [0.05, 0.1) is 0 Å². The van der Waals surface area contributed by atoms with E-state index >= 15 is 0 Å². The Balaban J connectivity index is 1.93. The van der Waals surface area contributed by atoms with E-state index in [-0.39, 0.29) is 11.3 Å². The van der Waals surface area contributed by atoms with Gasteiger partial charge in [0.2, 0.25) is 5.90 Å². The second-order valence-electron chi connectivity index (χ2n) is 6.73. The molecule has 23 heavy (non-hydrogen) atoms. The lowest BCUT2D eigenvalue weighted by Gasteiger charge is -2.51. The van der Waals surface area contributed by atoms with E-state index in [4.69, 9.17) is 27.0 Å². The Morgan fingerprint density at radius 1 is 1.17 bits per heavy atom. The molecule has 7 heteroatoms. The highest BCUT2D eigenvalue weighted by molar-refractivity contribution is 8.12. The summed E-state index contributed by atoms with van der Waals surface area (Å²) in [7, 11) is 1.33. The maximum absolute atomic E-state index is 11.4. The number of hydrogen-bond donors (Lipinski definition) is 0. The summed E-state index contributed by atoms with van der Waals surface area (Å²) in [4.78, 5) is 0. The third kappa shape index (κ3) is 2.31. The van der Waals surface area contributed by atoms with Crippen LogP contribution in [0.5, 0.6) is 0 Å². The van der Waals surface area contributed by atoms with Crippen molar-refractivity contribution in [3.05, 3.63) is 34.3 Å². The molecule has 1 aromatic carbocycles. The van der Waals surface area contributed by atoms with Crippen LogP contribution in [0.15, 0.2) is 22.6 Å². The minimum Gasteiger partial charge on any atom is -0.473 e. The molecule has 1 aromatic rings. The van der Waals surface area contributed by atoms with Gasteiger partial charge in [-0.05, 0) is 49.3 Å². The van der Waals surface area contributed by atoms with Crippen molar-refractivity contribution < 1.29 is 13.2 Å². The third-order valence-corrected chi connectivity index (χ3v) is 6.60. The van der Waals surface area contributed by atoms with Gasteiger partial charge in [0.1, 0.15) is 5.60 Å². The van der Waals surface area contributed by atoms with Crippen LogP contribution in [0.3, 0.4) is 0 Å². The number of fused-ring (bicyclic) bond motifs is 1. The van der Waals surface area contributed by atoms with E-state index in [1.54, 1.807) is 0 Å². The molecule has 0 radical (unpaired) electrons. The molecule has 1 aliphatic heterocycles. The van der Waals surface area contributed by atoms with E-state index in [0.29, 0.717) is 6.42 Å². The Kier molecular flexibility index (Phi) is 3.49. The molecule has 4 rings (SSSR count). The molecule has 0 spiro atoms. The lowest BCUT2D eigenvalue weighted by atomic mass is 9.54. The smallest absolute Gasteiger partial charge is 0.342 e. The average molecular weight is 374 g/mol. The number of halogens is 2. The predicted octanol–water partition coefficient (Wildman–Crippen LogP) is 4.14. The number of ether oxygens (including phenoxy) is 1. The monoisotopic (exact) mass is 373 g/mol. The first kappa shape index (κ1) is 15.7. The van der Waals surface area contributed by atoms with E-state index in [9.17, 15) is 8.42 Å². The van der Waals surface area contributed by atoms with Gasteiger partial charge in [0.25, 0.3) is 0 Å². The fraction of sp³-hybridized carbons (Fsp3) is 0.562. The maximum Gasteiger partial charge on any atom is 0.342 e. The summed E-state index contributed by atoms with van der Waals surface area (Å²) in [6.07, 6.45) is 6.19. The van der Waals surface area contributed by atoms with Crippen molar-refractivity contribution >= 4 is 37.4 Å². The first-order valence-corrected chi connectivity index (χ1v) is 10.5. The molecule has 2 atom stereocenters. The van der Waals surface area contributed by atoms with Crippen molar-refractivity contribution in [3.8, 4) is 0 Å². The topological polar surface area (TPSA) is 55.7 Å². The van der Waals surface area contributed by atoms with Crippen LogP contribution in [0.25, 0.3) is 0 Å². The normalized spacial score (nSPS) is 34.4. The molecule has 0 N–H and O–H groups in total. The van der Waals surface area contributed by atoms with Crippen LogP contribution in [0.4, 0.5) is 0 Å². The van der Waals surface area contributed by atoms with Gasteiger partial charge in [0, 0.05) is 27.5 Å². The molecule has 2 fully saturated rings. The highest BCUT2D eigenvalue weighted by atomic mass is 35.7. The second kappa shape index (κ2) is 5.11. The first-order valence-electron chi connectivity index (χ1n) is 7.86. The summed E-state index contributed by atoms with van der Waals surface area (Å²) >= 11 is 6.56. The molecular weight excluding hydrogens is 357 g/mol. The van der Waals surface area contributed by atoms with Gasteiger partial charge in [-0.25, -0.2) is 0 Å². The Hall–Kier alpha value is -0.780. The van der Waals surface area contributed by atoms with E-state index in [0.717, 1.165) is 49.1 Å². The van der Waals surface area contributed by atoms with E-state index in [2.05, 4.69) is 10.5 Å². The number of aryl methyl sites for hydroxylation is 1. The highest BCUT2D eigenvalue weighted by Gasteiger charge is 2.63. The van der Waals surface area contributed by atoms with Gasteiger partial charge < -0.3 is 4.74 Å². The Labute approximate surface area is 145 Å². The molecule has 2 unspecified atom stereocenters. The van der Waals surface area contributed by atoms with Crippen molar-refractivity contribution in [2.75, 3.05) is 0 Å². The number of rotatable bonds is 1. The van der Waals surface area contributed by atoms with Crippen molar-refractivity contribution in [1.82, 2.24) is 0 Å². The van der Waals surface area contributed by atoms with Crippen LogP contribution in [0.1, 0.15) is 49.7 Å². The van der Waals surface area contributed by atoms with Crippen LogP contribution in [-0.2, 0) is 25.8 Å². The molecule has 3 aliphatic rings. The summed E-state index contributed by atoms with van der Waals surface area (Å²) in [6, 6.07) is 6.00. The van der Waals surface area contributed by atoms with Crippen molar-refractivity contribution in [3.63, 3.8) is 0 Å². The standard InChI is InChI=1S/C16H17Cl2NO3S/c17-12-5-3-4-11-6-9-16-8-2-1-7-15(16,14(11)12)10-13(22-16)19-23(18,20)21/h3-5H,1-2,6-10H2. The quantitative estimate of drug-likeness (QED) is 0.695. The lowest BCUT2D eigenvalue weighted by molar-refractivity contribution is -0.0323. The predicted molar refractivity (Wildman–Crippen MR) is 90.6 cm³/mol. The number of hydrogen-bond acceptors (Lipinski definition) is 3. The fourth-order valence-corrected chi connectivity index (χ4v) is 5.85. The molecule has 0 aromatic heterocycles. The summed E-state index contributed by atoms with van der Waals surface area (Å²) in [6.45, 7) is 0. The first-order chi connectivity index (χ1) is 10.9. The molecule has 2 aliphatic carbocycles. The Morgan fingerprint density at radius 2 is 1.96 bits per heavy atom. The zero-order valence-electron chi connectivity index (χ0n) is 12.5. The van der Waals surface area contributed by atoms with E-state index < -0.39 is 14.8 Å². The van der Waals surface area contributed by atoms with Crippen LogP contribution >= 0.6 is 22.3 Å². The zero-order chi connectivity index (χ0) is 16.3. The molecule has 4 nitrogen and oxygen atoms in total. The number of nitrogens with zero attached hydrogens (tertiary/aromatic N) is 1. The second-order valence-corrected chi connectivity index (χ2v) is 9.32. The van der Waals surface area contributed by atoms with Gasteiger partial charge in [-0.3, -0.25) is 0 Å². The summed E-state index contributed by atoms with van der Waals surface area (Å²) in [5.41, 5.74) is 1.69. The van der Waals surface area contributed by atoms with Crippen LogP contribution in [-0.4, -0.2) is 19.9 Å². The fourth-order valence-electron chi connectivity index (χ4n) is 4.90. The average Bonchev–Trinajstić information content (AvgIpc) is 2.79. The summed E-state index contributed by atoms with van der Waals surface area (Å²) in [5.74, 6) is 0.231. The van der Waals surface area contributed by atoms with Crippen molar-refractivity contribution in [1.29, 1.82) is 0 Å². The van der Waals surface area contributed by atoms with E-state index in [1.807, 2.05) is 12.1 Å². The van der Waals surface area contributed by atoms with Gasteiger partial charge in [0.15, 0.2) is 0 Å². The van der Waals surface area contributed by atoms with Gasteiger partial charge in [-0.15, -0.1) is 4.40 Å². The van der Waals surface area contributed by atoms with Crippen molar-refractivity contribution in [2.24, 2.45) is 4.40 Å². The van der Waals surface area contributed by atoms with Crippen LogP contribution in [0, 0.1) is 0 Å². The largest absolute Gasteiger partial charge is 0.473 e. The number of benzene rings is 1. The maximum atomic E-state index is 11.4. The van der Waals surface area contributed by atoms with Gasteiger partial charge >= 0.3 is 9.24 Å². The SMILES string of the molecule is O=S(=O)(Cl)N=C1CC23CCCCC2(CCc2cccc(Cl)c23)O1. The lowest BCUT2D eigenvalue weighted by Crippen LogP contribution is -2.54. The molecule has 0 amide bonds. The Morgan fingerprint density at radius 3 is 2.74 bits per heavy atom. The van der Waals surface area contributed by atoms with Crippen LogP contribution in [0.2, 0.25) is 5.02 Å². The highest BCUT2D eigenvalue weighted by Crippen LogP contribution is 2.61. The van der Waals surface area contributed by atoms with Gasteiger partial charge in [-0.2, -0.15) is 8.42 Å². The molecule has 1 saturated carbocycles. The van der Waals surface area contributed by atoms with E-state index in [1.165, 1.54) is 5.56 Å². The van der Waals surface area contributed by atoms with Crippen LogP contribution < -0.4 is 0 Å². The minimum absolute atomic E-state index is 0.231.